The molecular weight excluding hydrogens is 542 g/mol. The molecule has 1 saturated heterocycles. The third kappa shape index (κ3) is 6.12. The summed E-state index contributed by atoms with van der Waals surface area (Å²) in [6, 6.07) is 8.74. The highest BCUT2D eigenvalue weighted by atomic mass is 16.6. The molecule has 2 aromatic rings. The van der Waals surface area contributed by atoms with Crippen LogP contribution in [0.1, 0.15) is 77.4 Å². The van der Waals surface area contributed by atoms with E-state index in [0.717, 1.165) is 28.9 Å². The maximum Gasteiger partial charge on any atom is 0.410 e. The lowest BCUT2D eigenvalue weighted by Crippen LogP contribution is -2.54. The molecule has 7 amide bonds. The first-order valence-electron chi connectivity index (χ1n) is 13.9. The van der Waals surface area contributed by atoms with E-state index in [4.69, 9.17) is 4.74 Å². The molecule has 3 aliphatic heterocycles. The number of ether oxygens (including phenoxy) is 1. The van der Waals surface area contributed by atoms with Gasteiger partial charge in [-0.25, -0.2) is 9.59 Å². The van der Waals surface area contributed by atoms with Crippen LogP contribution in [0.2, 0.25) is 0 Å². The first-order chi connectivity index (χ1) is 19.9. The zero-order chi connectivity index (χ0) is 30.2. The summed E-state index contributed by atoms with van der Waals surface area (Å²) in [5, 5.41) is 7.73. The molecule has 0 spiro atoms. The fraction of sp³-hybridized carbons (Fsp3) is 0.400. The third-order valence-corrected chi connectivity index (χ3v) is 7.31. The highest BCUT2D eigenvalue weighted by Crippen LogP contribution is 2.28. The fourth-order valence-corrected chi connectivity index (χ4v) is 5.31. The molecule has 12 heteroatoms. The van der Waals surface area contributed by atoms with Gasteiger partial charge in [-0.15, -0.1) is 0 Å². The van der Waals surface area contributed by atoms with Crippen LogP contribution in [-0.2, 0) is 33.8 Å². The SMILES string of the molecule is CC(C)(C)OC(=O)N1CCCc2ccc(NC(=O)NCc3ccc4c(c3)C(=O)N(C3CCC(=O)NC3=O)C4=O)cc2C1. The Hall–Kier alpha value is -4.74. The Morgan fingerprint density at radius 2 is 1.74 bits per heavy atom. The topological polar surface area (TPSA) is 154 Å². The third-order valence-electron chi connectivity index (χ3n) is 7.31. The van der Waals surface area contributed by atoms with Crippen molar-refractivity contribution in [2.75, 3.05) is 11.9 Å². The van der Waals surface area contributed by atoms with Crippen molar-refractivity contribution in [2.24, 2.45) is 0 Å². The standard InChI is InChI=1S/C30H33N5O7/c1-30(2,3)42-29(41)34-12-4-5-18-7-8-20(14-19(18)16-34)32-28(40)31-15-17-6-9-21-22(13-17)27(39)35(26(21)38)23-10-11-24(36)33-25(23)37/h6-9,13-14,23H,4-5,10-12,15-16H2,1-3H3,(H2,31,32,40)(H,33,36,37). The van der Waals surface area contributed by atoms with Crippen LogP contribution in [0.5, 0.6) is 0 Å². The van der Waals surface area contributed by atoms with Gasteiger partial charge in [-0.1, -0.05) is 12.1 Å². The molecule has 3 aliphatic rings. The quantitative estimate of drug-likeness (QED) is 0.474. The average Bonchev–Trinajstić information content (AvgIpc) is 3.05. The second-order valence-corrected chi connectivity index (χ2v) is 11.6. The van der Waals surface area contributed by atoms with E-state index in [9.17, 15) is 28.8 Å². The minimum absolute atomic E-state index is 0.0420. The van der Waals surface area contributed by atoms with Gasteiger partial charge in [-0.3, -0.25) is 29.4 Å². The highest BCUT2D eigenvalue weighted by molar-refractivity contribution is 6.23. The van der Waals surface area contributed by atoms with Crippen molar-refractivity contribution < 1.29 is 33.5 Å². The second-order valence-electron chi connectivity index (χ2n) is 11.6. The summed E-state index contributed by atoms with van der Waals surface area (Å²) in [6.45, 7) is 6.51. The maximum atomic E-state index is 13.0. The van der Waals surface area contributed by atoms with Gasteiger partial charge in [0.1, 0.15) is 11.6 Å². The van der Waals surface area contributed by atoms with Gasteiger partial charge in [0.15, 0.2) is 0 Å². The molecular formula is C30H33N5O7. The Balaban J connectivity index is 1.20. The Kier molecular flexibility index (Phi) is 7.72. The zero-order valence-corrected chi connectivity index (χ0v) is 23.7. The van der Waals surface area contributed by atoms with Gasteiger partial charge < -0.3 is 20.3 Å². The predicted octanol–water partition coefficient (Wildman–Crippen LogP) is 3.09. The van der Waals surface area contributed by atoms with Crippen molar-refractivity contribution in [3.8, 4) is 0 Å². The van der Waals surface area contributed by atoms with Crippen molar-refractivity contribution in [3.05, 3.63) is 64.2 Å². The predicted molar refractivity (Wildman–Crippen MR) is 150 cm³/mol. The van der Waals surface area contributed by atoms with E-state index in [1.807, 2.05) is 39.0 Å². The Bertz CT molecular complexity index is 1500. The maximum absolute atomic E-state index is 13.0. The largest absolute Gasteiger partial charge is 0.444 e. The van der Waals surface area contributed by atoms with Crippen molar-refractivity contribution in [3.63, 3.8) is 0 Å². The van der Waals surface area contributed by atoms with Gasteiger partial charge in [0, 0.05) is 31.7 Å². The minimum atomic E-state index is -1.04. The van der Waals surface area contributed by atoms with E-state index >= 15 is 0 Å². The molecule has 42 heavy (non-hydrogen) atoms. The molecule has 1 fully saturated rings. The molecule has 3 heterocycles. The summed E-state index contributed by atoms with van der Waals surface area (Å²) in [4.78, 5) is 77.6. The number of fused-ring (bicyclic) bond motifs is 2. The van der Waals surface area contributed by atoms with Gasteiger partial charge in [0.2, 0.25) is 11.8 Å². The van der Waals surface area contributed by atoms with E-state index in [0.29, 0.717) is 24.3 Å². The Morgan fingerprint density at radius 3 is 2.48 bits per heavy atom. The molecule has 1 atom stereocenters. The van der Waals surface area contributed by atoms with Crippen molar-refractivity contribution in [2.45, 2.75) is 71.2 Å². The van der Waals surface area contributed by atoms with E-state index in [1.165, 1.54) is 12.1 Å². The number of nitrogens with zero attached hydrogens (tertiary/aromatic N) is 2. The molecule has 1 unspecified atom stereocenters. The lowest BCUT2D eigenvalue weighted by atomic mass is 10.0. The molecule has 12 nitrogen and oxygen atoms in total. The Morgan fingerprint density at radius 1 is 0.976 bits per heavy atom. The number of carbonyl (C=O) groups is 6. The molecule has 0 radical (unpaired) electrons. The number of imide groups is 2. The van der Waals surface area contributed by atoms with Gasteiger partial charge in [-0.05, 0) is 81.0 Å². The first-order valence-corrected chi connectivity index (χ1v) is 13.9. The molecule has 3 N–H and O–H groups in total. The summed E-state index contributed by atoms with van der Waals surface area (Å²) >= 11 is 0. The van der Waals surface area contributed by atoms with Crippen molar-refractivity contribution in [1.82, 2.24) is 20.4 Å². The average molecular weight is 576 g/mol. The highest BCUT2D eigenvalue weighted by Gasteiger charge is 2.44. The van der Waals surface area contributed by atoms with Crippen LogP contribution in [0.15, 0.2) is 36.4 Å². The first kappa shape index (κ1) is 28.8. The minimum Gasteiger partial charge on any atom is -0.444 e. The number of piperidine rings is 1. The summed E-state index contributed by atoms with van der Waals surface area (Å²) in [7, 11) is 0. The van der Waals surface area contributed by atoms with Gasteiger partial charge >= 0.3 is 12.1 Å². The lowest BCUT2D eigenvalue weighted by molar-refractivity contribution is -0.136. The van der Waals surface area contributed by atoms with Crippen LogP contribution in [-0.4, -0.2) is 63.7 Å². The number of urea groups is 1. The number of hydrogen-bond donors (Lipinski definition) is 3. The van der Waals surface area contributed by atoms with Gasteiger partial charge in [0.25, 0.3) is 11.8 Å². The molecule has 0 bridgehead atoms. The van der Waals surface area contributed by atoms with Crippen molar-refractivity contribution in [1.29, 1.82) is 0 Å². The molecule has 0 aliphatic carbocycles. The summed E-state index contributed by atoms with van der Waals surface area (Å²) < 4.78 is 5.54. The monoisotopic (exact) mass is 575 g/mol. The number of amides is 7. The molecule has 0 saturated carbocycles. The smallest absolute Gasteiger partial charge is 0.410 e. The van der Waals surface area contributed by atoms with Crippen LogP contribution in [0.3, 0.4) is 0 Å². The van der Waals surface area contributed by atoms with Crippen LogP contribution in [0, 0.1) is 0 Å². The lowest BCUT2D eigenvalue weighted by Gasteiger charge is -2.27. The van der Waals surface area contributed by atoms with Gasteiger partial charge in [-0.2, -0.15) is 0 Å². The van der Waals surface area contributed by atoms with E-state index in [-0.39, 0.29) is 36.6 Å². The number of nitrogens with one attached hydrogen (secondary N) is 3. The molecule has 0 aromatic heterocycles. The summed E-state index contributed by atoms with van der Waals surface area (Å²) in [6.07, 6.45) is 1.36. The van der Waals surface area contributed by atoms with Crippen molar-refractivity contribution >= 4 is 41.4 Å². The van der Waals surface area contributed by atoms with E-state index in [1.54, 1.807) is 11.0 Å². The second kappa shape index (κ2) is 11.3. The molecule has 220 valence electrons. The van der Waals surface area contributed by atoms with Crippen LogP contribution in [0.25, 0.3) is 0 Å². The molecule has 5 rings (SSSR count). The van der Waals surface area contributed by atoms with Crippen LogP contribution in [0.4, 0.5) is 15.3 Å². The van der Waals surface area contributed by atoms with Crippen LogP contribution >= 0.6 is 0 Å². The van der Waals surface area contributed by atoms with E-state index in [2.05, 4.69) is 16.0 Å². The number of hydrogen-bond acceptors (Lipinski definition) is 7. The van der Waals surface area contributed by atoms with Gasteiger partial charge in [0.05, 0.1) is 11.1 Å². The number of anilines is 1. The Labute approximate surface area is 242 Å². The zero-order valence-electron chi connectivity index (χ0n) is 23.7. The summed E-state index contributed by atoms with van der Waals surface area (Å²) in [5.74, 6) is -2.31. The fourth-order valence-electron chi connectivity index (χ4n) is 5.31. The van der Waals surface area contributed by atoms with E-state index < -0.39 is 41.3 Å². The molecule has 2 aromatic carbocycles. The number of aryl methyl sites for hydroxylation is 1. The number of benzene rings is 2. The summed E-state index contributed by atoms with van der Waals surface area (Å²) in [5.41, 5.74) is 2.90. The van der Waals surface area contributed by atoms with Crippen LogP contribution < -0.4 is 16.0 Å². The number of carbonyl (C=O) groups excluding carboxylic acids is 6. The normalized spacial score (nSPS) is 18.6. The number of rotatable bonds is 4.